The van der Waals surface area contributed by atoms with Crippen LogP contribution in [0, 0.1) is 5.92 Å². The Hall–Kier alpha value is -0.280. The summed E-state index contributed by atoms with van der Waals surface area (Å²) in [6.07, 6.45) is 0. The van der Waals surface area contributed by atoms with Crippen molar-refractivity contribution in [3.8, 4) is 0 Å². The predicted octanol–water partition coefficient (Wildman–Crippen LogP) is 4.36. The van der Waals surface area contributed by atoms with Crippen LogP contribution in [0.3, 0.4) is 0 Å². The third-order valence-corrected chi connectivity index (χ3v) is 3.85. The zero-order valence-electron chi connectivity index (χ0n) is 12.2. The maximum atomic E-state index is 6.32. The van der Waals surface area contributed by atoms with Gasteiger partial charge in [0.2, 0.25) is 0 Å². The second-order valence-electron chi connectivity index (χ2n) is 5.57. The molecule has 108 valence electrons. The van der Waals surface area contributed by atoms with Gasteiger partial charge in [-0.15, -0.1) is 0 Å². The smallest absolute Gasteiger partial charge is 0.0502 e. The Labute approximate surface area is 126 Å². The average molecular weight is 303 g/mol. The molecule has 19 heavy (non-hydrogen) atoms. The maximum absolute atomic E-state index is 6.32. The van der Waals surface area contributed by atoms with Crippen molar-refractivity contribution >= 4 is 23.2 Å². The summed E-state index contributed by atoms with van der Waals surface area (Å²) in [5, 5.41) is 1.38. The summed E-state index contributed by atoms with van der Waals surface area (Å²) in [4.78, 5) is 2.37. The molecule has 1 rings (SSSR count). The Bertz CT molecular complexity index is 385. The van der Waals surface area contributed by atoms with Crippen molar-refractivity contribution in [2.75, 3.05) is 13.1 Å². The van der Waals surface area contributed by atoms with E-state index in [9.17, 15) is 0 Å². The van der Waals surface area contributed by atoms with E-state index in [1.165, 1.54) is 0 Å². The lowest BCUT2D eigenvalue weighted by Gasteiger charge is -2.36. The van der Waals surface area contributed by atoms with Gasteiger partial charge in [0.1, 0.15) is 0 Å². The van der Waals surface area contributed by atoms with Gasteiger partial charge in [0.15, 0.2) is 0 Å². The molecule has 0 amide bonds. The van der Waals surface area contributed by atoms with Crippen molar-refractivity contribution in [3.63, 3.8) is 0 Å². The van der Waals surface area contributed by atoms with Crippen molar-refractivity contribution in [1.82, 2.24) is 4.90 Å². The molecule has 2 nitrogen and oxygen atoms in total. The third kappa shape index (κ3) is 4.35. The van der Waals surface area contributed by atoms with E-state index < -0.39 is 0 Å². The van der Waals surface area contributed by atoms with E-state index in [-0.39, 0.29) is 6.04 Å². The van der Waals surface area contributed by atoms with Crippen LogP contribution in [0.1, 0.15) is 39.3 Å². The molecule has 1 aromatic carbocycles. The summed E-state index contributed by atoms with van der Waals surface area (Å²) in [6, 6.07) is 6.06. The van der Waals surface area contributed by atoms with Gasteiger partial charge in [0, 0.05) is 34.7 Å². The SMILES string of the molecule is CC(C)CN(C(C)C)C(CN)c1c(Cl)cccc1Cl. The Balaban J connectivity index is 3.16. The number of benzene rings is 1. The molecule has 2 N–H and O–H groups in total. The molecule has 0 aliphatic heterocycles. The molecule has 1 aromatic rings. The highest BCUT2D eigenvalue weighted by molar-refractivity contribution is 6.36. The lowest BCUT2D eigenvalue weighted by Crippen LogP contribution is -2.41. The topological polar surface area (TPSA) is 29.3 Å². The zero-order chi connectivity index (χ0) is 14.6. The predicted molar refractivity (Wildman–Crippen MR) is 84.9 cm³/mol. The van der Waals surface area contributed by atoms with Crippen LogP contribution in [0.2, 0.25) is 10.0 Å². The molecular formula is C15H24Cl2N2. The van der Waals surface area contributed by atoms with Crippen LogP contribution >= 0.6 is 23.2 Å². The largest absolute Gasteiger partial charge is 0.329 e. The number of nitrogens with two attached hydrogens (primary N) is 1. The van der Waals surface area contributed by atoms with Crippen LogP contribution in [-0.4, -0.2) is 24.0 Å². The molecular weight excluding hydrogens is 279 g/mol. The molecule has 0 fully saturated rings. The molecule has 0 bridgehead atoms. The molecule has 0 saturated carbocycles. The van der Waals surface area contributed by atoms with Crippen molar-refractivity contribution in [3.05, 3.63) is 33.8 Å². The van der Waals surface area contributed by atoms with E-state index in [1.54, 1.807) is 0 Å². The molecule has 0 aliphatic carbocycles. The Morgan fingerprint density at radius 3 is 2.00 bits per heavy atom. The second-order valence-corrected chi connectivity index (χ2v) is 6.39. The highest BCUT2D eigenvalue weighted by atomic mass is 35.5. The molecule has 1 unspecified atom stereocenters. The molecule has 0 heterocycles. The van der Waals surface area contributed by atoms with Crippen LogP contribution in [0.4, 0.5) is 0 Å². The summed E-state index contributed by atoms with van der Waals surface area (Å²) in [6.45, 7) is 10.2. The van der Waals surface area contributed by atoms with Gasteiger partial charge in [-0.1, -0.05) is 43.1 Å². The Morgan fingerprint density at radius 2 is 1.63 bits per heavy atom. The summed E-state index contributed by atoms with van der Waals surface area (Å²) >= 11 is 12.6. The third-order valence-electron chi connectivity index (χ3n) is 3.20. The van der Waals surface area contributed by atoms with Crippen LogP contribution in [0.25, 0.3) is 0 Å². The lowest BCUT2D eigenvalue weighted by atomic mass is 10.0. The molecule has 0 saturated heterocycles. The van der Waals surface area contributed by atoms with E-state index in [1.807, 2.05) is 18.2 Å². The van der Waals surface area contributed by atoms with E-state index in [2.05, 4.69) is 32.6 Å². The van der Waals surface area contributed by atoms with Gasteiger partial charge in [-0.05, 0) is 31.9 Å². The van der Waals surface area contributed by atoms with Gasteiger partial charge in [0.25, 0.3) is 0 Å². The fourth-order valence-electron chi connectivity index (χ4n) is 2.37. The first-order valence-corrected chi connectivity index (χ1v) is 7.53. The summed E-state index contributed by atoms with van der Waals surface area (Å²) in [5.41, 5.74) is 6.94. The van der Waals surface area contributed by atoms with Gasteiger partial charge in [-0.25, -0.2) is 0 Å². The molecule has 0 aliphatic rings. The van der Waals surface area contributed by atoms with Gasteiger partial charge in [-0.2, -0.15) is 0 Å². The minimum Gasteiger partial charge on any atom is -0.329 e. The van der Waals surface area contributed by atoms with Crippen molar-refractivity contribution in [2.45, 2.75) is 39.8 Å². The minimum absolute atomic E-state index is 0.0589. The second kappa shape index (κ2) is 7.49. The normalized spacial score (nSPS) is 13.6. The lowest BCUT2D eigenvalue weighted by molar-refractivity contribution is 0.138. The van der Waals surface area contributed by atoms with E-state index >= 15 is 0 Å². The highest BCUT2D eigenvalue weighted by Gasteiger charge is 2.26. The molecule has 1 atom stereocenters. The van der Waals surface area contributed by atoms with E-state index in [4.69, 9.17) is 28.9 Å². The van der Waals surface area contributed by atoms with Crippen LogP contribution in [-0.2, 0) is 0 Å². The first-order valence-electron chi connectivity index (χ1n) is 6.78. The molecule has 4 heteroatoms. The maximum Gasteiger partial charge on any atom is 0.0502 e. The van der Waals surface area contributed by atoms with Gasteiger partial charge < -0.3 is 5.73 Å². The summed E-state index contributed by atoms with van der Waals surface area (Å²) in [7, 11) is 0. The number of hydrogen-bond donors (Lipinski definition) is 1. The molecule has 0 spiro atoms. The first kappa shape index (κ1) is 16.8. The first-order chi connectivity index (χ1) is 8.88. The van der Waals surface area contributed by atoms with Crippen LogP contribution < -0.4 is 5.73 Å². The molecule has 0 radical (unpaired) electrons. The van der Waals surface area contributed by atoms with Gasteiger partial charge >= 0.3 is 0 Å². The molecule has 0 aromatic heterocycles. The monoisotopic (exact) mass is 302 g/mol. The summed E-state index contributed by atoms with van der Waals surface area (Å²) < 4.78 is 0. The van der Waals surface area contributed by atoms with Crippen LogP contribution in [0.5, 0.6) is 0 Å². The fourth-order valence-corrected chi connectivity index (χ4v) is 3.02. The average Bonchev–Trinajstić information content (AvgIpc) is 2.31. The van der Waals surface area contributed by atoms with Gasteiger partial charge in [-0.3, -0.25) is 4.90 Å². The van der Waals surface area contributed by atoms with E-state index in [0.29, 0.717) is 28.5 Å². The number of hydrogen-bond acceptors (Lipinski definition) is 2. The standard InChI is InChI=1S/C15H24Cl2N2/c1-10(2)9-19(11(3)4)14(8-18)15-12(16)6-5-7-13(15)17/h5-7,10-11,14H,8-9,18H2,1-4H3. The van der Waals surface area contributed by atoms with Gasteiger partial charge in [0.05, 0.1) is 6.04 Å². The van der Waals surface area contributed by atoms with E-state index in [0.717, 1.165) is 12.1 Å². The quantitative estimate of drug-likeness (QED) is 0.846. The Morgan fingerprint density at radius 1 is 1.11 bits per heavy atom. The summed E-state index contributed by atoms with van der Waals surface area (Å²) in [5.74, 6) is 0.567. The number of nitrogens with zero attached hydrogens (tertiary/aromatic N) is 1. The van der Waals surface area contributed by atoms with Crippen LogP contribution in [0.15, 0.2) is 18.2 Å². The number of halogens is 2. The minimum atomic E-state index is 0.0589. The van der Waals surface area contributed by atoms with Crippen molar-refractivity contribution < 1.29 is 0 Å². The van der Waals surface area contributed by atoms with Crippen molar-refractivity contribution in [2.24, 2.45) is 11.7 Å². The highest BCUT2D eigenvalue weighted by Crippen LogP contribution is 2.34. The zero-order valence-corrected chi connectivity index (χ0v) is 13.7. The van der Waals surface area contributed by atoms with Crippen molar-refractivity contribution in [1.29, 1.82) is 0 Å². The Kier molecular flexibility index (Phi) is 6.61. The number of rotatable bonds is 6. The fraction of sp³-hybridized carbons (Fsp3) is 0.600.